The lowest BCUT2D eigenvalue weighted by Crippen LogP contribution is -2.07. The van der Waals surface area contributed by atoms with Gasteiger partial charge in [-0.25, -0.2) is 4.79 Å². The highest BCUT2D eigenvalue weighted by molar-refractivity contribution is 5.89. The third-order valence-corrected chi connectivity index (χ3v) is 2.45. The van der Waals surface area contributed by atoms with Gasteiger partial charge in [0, 0.05) is 0 Å². The summed E-state index contributed by atoms with van der Waals surface area (Å²) >= 11 is 0. The van der Waals surface area contributed by atoms with Crippen LogP contribution in [-0.4, -0.2) is 12.6 Å². The van der Waals surface area contributed by atoms with Gasteiger partial charge in [-0.15, -0.1) is 0 Å². The van der Waals surface area contributed by atoms with Crippen molar-refractivity contribution in [2.24, 2.45) is 5.92 Å². The van der Waals surface area contributed by atoms with Gasteiger partial charge < -0.3 is 4.74 Å². The Kier molecular flexibility index (Phi) is 5.03. The van der Waals surface area contributed by atoms with Gasteiger partial charge in [-0.2, -0.15) is 0 Å². The molecule has 0 aliphatic carbocycles. The van der Waals surface area contributed by atoms with Gasteiger partial charge in [0.1, 0.15) is 0 Å². The molecule has 0 unspecified atom stereocenters. The van der Waals surface area contributed by atoms with Crippen LogP contribution in [0, 0.1) is 12.8 Å². The zero-order valence-electron chi connectivity index (χ0n) is 10.3. The van der Waals surface area contributed by atoms with Crippen molar-refractivity contribution in [2.45, 2.75) is 33.6 Å². The van der Waals surface area contributed by atoms with E-state index in [4.69, 9.17) is 4.74 Å². The largest absolute Gasteiger partial charge is 0.462 e. The fourth-order valence-electron chi connectivity index (χ4n) is 1.43. The van der Waals surface area contributed by atoms with E-state index in [-0.39, 0.29) is 5.97 Å². The van der Waals surface area contributed by atoms with Crippen molar-refractivity contribution in [3.63, 3.8) is 0 Å². The number of hydrogen-bond donors (Lipinski definition) is 0. The Morgan fingerprint density at radius 2 is 1.88 bits per heavy atom. The summed E-state index contributed by atoms with van der Waals surface area (Å²) in [6, 6.07) is 7.45. The Hall–Kier alpha value is -1.31. The lowest BCUT2D eigenvalue weighted by Gasteiger charge is -2.06. The summed E-state index contributed by atoms with van der Waals surface area (Å²) in [7, 11) is 0. The fraction of sp³-hybridized carbons (Fsp3) is 0.500. The summed E-state index contributed by atoms with van der Waals surface area (Å²) in [5.74, 6) is 0.446. The van der Waals surface area contributed by atoms with Crippen LogP contribution < -0.4 is 0 Å². The highest BCUT2D eigenvalue weighted by atomic mass is 16.5. The summed E-state index contributed by atoms with van der Waals surface area (Å²) in [6.45, 7) is 6.85. The van der Waals surface area contributed by atoms with Crippen LogP contribution in [0.15, 0.2) is 24.3 Å². The average molecular weight is 220 g/mol. The molecule has 0 heterocycles. The van der Waals surface area contributed by atoms with Gasteiger partial charge in [0.05, 0.1) is 12.2 Å². The predicted octanol–water partition coefficient (Wildman–Crippen LogP) is 3.59. The molecular weight excluding hydrogens is 200 g/mol. The molecule has 2 heteroatoms. The van der Waals surface area contributed by atoms with Crippen LogP contribution in [0.3, 0.4) is 0 Å². The molecule has 1 aromatic carbocycles. The van der Waals surface area contributed by atoms with Crippen molar-refractivity contribution in [1.82, 2.24) is 0 Å². The average Bonchev–Trinajstić information content (AvgIpc) is 2.25. The van der Waals surface area contributed by atoms with E-state index in [2.05, 4.69) is 13.8 Å². The summed E-state index contributed by atoms with van der Waals surface area (Å²) in [4.78, 5) is 11.6. The van der Waals surface area contributed by atoms with Crippen molar-refractivity contribution < 1.29 is 9.53 Å². The van der Waals surface area contributed by atoms with E-state index in [9.17, 15) is 4.79 Å². The first kappa shape index (κ1) is 12.8. The first-order valence-corrected chi connectivity index (χ1v) is 5.83. The molecule has 0 aliphatic heterocycles. The number of carbonyl (C=O) groups is 1. The van der Waals surface area contributed by atoms with Crippen LogP contribution in [0.25, 0.3) is 0 Å². The zero-order chi connectivity index (χ0) is 12.0. The van der Waals surface area contributed by atoms with Gasteiger partial charge >= 0.3 is 5.97 Å². The smallest absolute Gasteiger partial charge is 0.338 e. The van der Waals surface area contributed by atoms with Crippen LogP contribution in [0.4, 0.5) is 0 Å². The maximum absolute atomic E-state index is 11.6. The standard InChI is InChI=1S/C14H20O2/c1-11(2)5-4-10-16-14(15)13-8-6-12(3)7-9-13/h6-9,11H,4-5,10H2,1-3H3. The van der Waals surface area contributed by atoms with Gasteiger partial charge in [-0.05, 0) is 37.8 Å². The highest BCUT2D eigenvalue weighted by Gasteiger charge is 2.05. The topological polar surface area (TPSA) is 26.3 Å². The van der Waals surface area contributed by atoms with E-state index < -0.39 is 0 Å². The number of esters is 1. The van der Waals surface area contributed by atoms with E-state index in [0.29, 0.717) is 18.1 Å². The van der Waals surface area contributed by atoms with Crippen molar-refractivity contribution >= 4 is 5.97 Å². The second-order valence-electron chi connectivity index (χ2n) is 4.54. The Bertz CT molecular complexity index is 325. The number of aryl methyl sites for hydroxylation is 1. The molecule has 0 radical (unpaired) electrons. The van der Waals surface area contributed by atoms with E-state index in [1.54, 1.807) is 12.1 Å². The van der Waals surface area contributed by atoms with Gasteiger partial charge in [0.25, 0.3) is 0 Å². The zero-order valence-corrected chi connectivity index (χ0v) is 10.3. The summed E-state index contributed by atoms with van der Waals surface area (Å²) < 4.78 is 5.18. The third-order valence-electron chi connectivity index (χ3n) is 2.45. The minimum Gasteiger partial charge on any atom is -0.462 e. The van der Waals surface area contributed by atoms with Crippen LogP contribution in [0.5, 0.6) is 0 Å². The molecule has 2 nitrogen and oxygen atoms in total. The van der Waals surface area contributed by atoms with Crippen molar-refractivity contribution in [2.75, 3.05) is 6.61 Å². The molecule has 0 saturated heterocycles. The molecule has 0 fully saturated rings. The Morgan fingerprint density at radius 1 is 1.25 bits per heavy atom. The number of rotatable bonds is 5. The van der Waals surface area contributed by atoms with E-state index in [1.807, 2.05) is 19.1 Å². The normalized spacial score (nSPS) is 10.5. The quantitative estimate of drug-likeness (QED) is 0.560. The minimum absolute atomic E-state index is 0.219. The molecule has 88 valence electrons. The van der Waals surface area contributed by atoms with Crippen LogP contribution in [0.1, 0.15) is 42.6 Å². The molecule has 0 N–H and O–H groups in total. The highest BCUT2D eigenvalue weighted by Crippen LogP contribution is 2.07. The monoisotopic (exact) mass is 220 g/mol. The molecular formula is C14H20O2. The van der Waals surface area contributed by atoms with E-state index >= 15 is 0 Å². The Labute approximate surface area is 97.6 Å². The number of hydrogen-bond acceptors (Lipinski definition) is 2. The van der Waals surface area contributed by atoms with E-state index in [1.165, 1.54) is 0 Å². The molecule has 1 aromatic rings. The Morgan fingerprint density at radius 3 is 2.44 bits per heavy atom. The lowest BCUT2D eigenvalue weighted by molar-refractivity contribution is 0.0495. The molecule has 0 saturated carbocycles. The third kappa shape index (κ3) is 4.47. The van der Waals surface area contributed by atoms with Crippen molar-refractivity contribution in [3.8, 4) is 0 Å². The molecule has 1 rings (SSSR count). The number of ether oxygens (including phenoxy) is 1. The number of carbonyl (C=O) groups excluding carboxylic acids is 1. The van der Waals surface area contributed by atoms with Gasteiger partial charge in [-0.3, -0.25) is 0 Å². The molecule has 0 aromatic heterocycles. The second-order valence-corrected chi connectivity index (χ2v) is 4.54. The van der Waals surface area contributed by atoms with Gasteiger partial charge in [0.2, 0.25) is 0 Å². The lowest BCUT2D eigenvalue weighted by atomic mass is 10.1. The molecule has 16 heavy (non-hydrogen) atoms. The summed E-state index contributed by atoms with van der Waals surface area (Å²) in [5.41, 5.74) is 1.78. The first-order chi connectivity index (χ1) is 7.59. The van der Waals surface area contributed by atoms with Crippen molar-refractivity contribution in [1.29, 1.82) is 0 Å². The molecule has 0 spiro atoms. The van der Waals surface area contributed by atoms with Crippen LogP contribution in [0.2, 0.25) is 0 Å². The van der Waals surface area contributed by atoms with Crippen molar-refractivity contribution in [3.05, 3.63) is 35.4 Å². The minimum atomic E-state index is -0.219. The van der Waals surface area contributed by atoms with Gasteiger partial charge in [0.15, 0.2) is 0 Å². The number of benzene rings is 1. The maximum atomic E-state index is 11.6. The molecule has 0 bridgehead atoms. The summed E-state index contributed by atoms with van der Waals surface area (Å²) in [6.07, 6.45) is 2.04. The van der Waals surface area contributed by atoms with E-state index in [0.717, 1.165) is 18.4 Å². The maximum Gasteiger partial charge on any atom is 0.338 e. The second kappa shape index (κ2) is 6.31. The molecule has 0 amide bonds. The Balaban J connectivity index is 2.32. The van der Waals surface area contributed by atoms with Crippen LogP contribution >= 0.6 is 0 Å². The van der Waals surface area contributed by atoms with Crippen LogP contribution in [-0.2, 0) is 4.74 Å². The fourth-order valence-corrected chi connectivity index (χ4v) is 1.43. The first-order valence-electron chi connectivity index (χ1n) is 5.83. The SMILES string of the molecule is Cc1ccc(C(=O)OCCCC(C)C)cc1. The molecule has 0 aliphatic rings. The molecule has 0 atom stereocenters. The predicted molar refractivity (Wildman–Crippen MR) is 65.5 cm³/mol. The summed E-state index contributed by atoms with van der Waals surface area (Å²) in [5, 5.41) is 0. The van der Waals surface area contributed by atoms with Gasteiger partial charge in [-0.1, -0.05) is 31.5 Å².